The fourth-order valence-corrected chi connectivity index (χ4v) is 3.26. The van der Waals surface area contributed by atoms with E-state index in [9.17, 15) is 19.8 Å². The van der Waals surface area contributed by atoms with Gasteiger partial charge in [0, 0.05) is 0 Å². The Morgan fingerprint density at radius 3 is 1.75 bits per heavy atom. The van der Waals surface area contributed by atoms with Crippen molar-refractivity contribution in [1.82, 2.24) is 0 Å². The second kappa shape index (κ2) is 8.08. The van der Waals surface area contributed by atoms with Crippen molar-refractivity contribution in [3.8, 4) is 0 Å². The van der Waals surface area contributed by atoms with E-state index in [1.54, 1.807) is 0 Å². The average molecular weight is 284 g/mol. The molecule has 0 aromatic rings. The fraction of sp³-hybridized carbons (Fsp3) is 0.750. The Morgan fingerprint density at radius 1 is 1.00 bits per heavy atom. The van der Waals surface area contributed by atoms with E-state index >= 15 is 0 Å². The molecule has 0 aromatic carbocycles. The van der Waals surface area contributed by atoms with E-state index in [4.69, 9.17) is 0 Å². The number of carboxylic acid groups (broad SMARTS) is 2. The molecule has 0 spiro atoms. The zero-order valence-corrected chi connectivity index (χ0v) is 13.3. The third kappa shape index (κ3) is 3.84. The average Bonchev–Trinajstić information content (AvgIpc) is 2.34. The first-order valence-electron chi connectivity index (χ1n) is 7.48. The minimum absolute atomic E-state index is 0.211. The molecule has 4 nitrogen and oxygen atoms in total. The molecule has 0 rings (SSSR count). The minimum atomic E-state index is -1.32. The summed E-state index contributed by atoms with van der Waals surface area (Å²) in [6, 6.07) is 0. The normalized spacial score (nSPS) is 13.9. The lowest BCUT2D eigenvalue weighted by Gasteiger charge is -2.40. The van der Waals surface area contributed by atoms with E-state index in [-0.39, 0.29) is 11.3 Å². The van der Waals surface area contributed by atoms with Crippen LogP contribution >= 0.6 is 0 Å². The van der Waals surface area contributed by atoms with Gasteiger partial charge in [0.25, 0.3) is 0 Å². The van der Waals surface area contributed by atoms with Gasteiger partial charge in [-0.3, -0.25) is 0 Å². The van der Waals surface area contributed by atoms with E-state index < -0.39 is 17.5 Å². The van der Waals surface area contributed by atoms with E-state index in [0.29, 0.717) is 12.0 Å². The van der Waals surface area contributed by atoms with E-state index in [1.165, 1.54) is 0 Å². The topological polar surface area (TPSA) is 74.6 Å². The molecular weight excluding hydrogens is 256 g/mol. The molecule has 0 saturated heterocycles. The molecule has 4 heteroatoms. The van der Waals surface area contributed by atoms with Crippen molar-refractivity contribution >= 4 is 11.9 Å². The van der Waals surface area contributed by atoms with Crippen molar-refractivity contribution in [3.63, 3.8) is 0 Å². The van der Waals surface area contributed by atoms with Crippen molar-refractivity contribution in [2.24, 2.45) is 11.3 Å². The SMILES string of the molecule is CCCC(=C(C(=O)O)C(=O)O)C(CC)(CCC)C(C)C. The molecule has 0 fully saturated rings. The Hall–Kier alpha value is -1.32. The van der Waals surface area contributed by atoms with Crippen LogP contribution in [0, 0.1) is 11.3 Å². The van der Waals surface area contributed by atoms with Crippen LogP contribution in [-0.4, -0.2) is 22.2 Å². The molecule has 2 N–H and O–H groups in total. The lowest BCUT2D eigenvalue weighted by molar-refractivity contribution is -0.140. The Balaban J connectivity index is 6.26. The van der Waals surface area contributed by atoms with Crippen LogP contribution in [-0.2, 0) is 9.59 Å². The molecule has 0 bridgehead atoms. The van der Waals surface area contributed by atoms with Crippen LogP contribution in [0.15, 0.2) is 11.1 Å². The Labute approximate surface area is 121 Å². The molecule has 116 valence electrons. The molecular formula is C16H28O4. The Morgan fingerprint density at radius 2 is 1.50 bits per heavy atom. The van der Waals surface area contributed by atoms with Crippen molar-refractivity contribution in [3.05, 3.63) is 11.1 Å². The van der Waals surface area contributed by atoms with Crippen molar-refractivity contribution in [1.29, 1.82) is 0 Å². The highest BCUT2D eigenvalue weighted by Gasteiger charge is 2.39. The predicted molar refractivity (Wildman–Crippen MR) is 79.7 cm³/mol. The fourth-order valence-electron chi connectivity index (χ4n) is 3.26. The molecule has 1 atom stereocenters. The largest absolute Gasteiger partial charge is 0.477 e. The highest BCUT2D eigenvalue weighted by atomic mass is 16.4. The van der Waals surface area contributed by atoms with E-state index in [1.807, 2.05) is 13.8 Å². The number of aliphatic carboxylic acids is 2. The minimum Gasteiger partial charge on any atom is -0.477 e. The number of rotatable bonds is 9. The quantitative estimate of drug-likeness (QED) is 0.379. The first kappa shape index (κ1) is 18.7. The van der Waals surface area contributed by atoms with Gasteiger partial charge in [-0.15, -0.1) is 0 Å². The number of hydrogen-bond donors (Lipinski definition) is 2. The third-order valence-corrected chi connectivity index (χ3v) is 4.26. The molecule has 0 aromatic heterocycles. The molecule has 0 aliphatic rings. The van der Waals surface area contributed by atoms with Gasteiger partial charge >= 0.3 is 11.9 Å². The smallest absolute Gasteiger partial charge is 0.343 e. The maximum Gasteiger partial charge on any atom is 0.343 e. The molecule has 0 saturated carbocycles. The second-order valence-electron chi connectivity index (χ2n) is 5.63. The molecule has 20 heavy (non-hydrogen) atoms. The summed E-state index contributed by atoms with van der Waals surface area (Å²) < 4.78 is 0. The van der Waals surface area contributed by atoms with Crippen molar-refractivity contribution in [2.75, 3.05) is 0 Å². The summed E-state index contributed by atoms with van der Waals surface area (Å²) >= 11 is 0. The summed E-state index contributed by atoms with van der Waals surface area (Å²) in [5, 5.41) is 18.6. The zero-order chi connectivity index (χ0) is 15.9. The molecule has 0 heterocycles. The van der Waals surface area contributed by atoms with Gasteiger partial charge in [-0.1, -0.05) is 47.5 Å². The van der Waals surface area contributed by atoms with Gasteiger partial charge in [0.2, 0.25) is 0 Å². The summed E-state index contributed by atoms with van der Waals surface area (Å²) in [5.41, 5.74) is -0.146. The van der Waals surface area contributed by atoms with E-state index in [2.05, 4.69) is 20.8 Å². The number of allylic oxidation sites excluding steroid dienone is 1. The summed E-state index contributed by atoms with van der Waals surface area (Å²) in [5.74, 6) is -2.44. The van der Waals surface area contributed by atoms with Gasteiger partial charge in [0.15, 0.2) is 0 Å². The molecule has 1 unspecified atom stereocenters. The molecule has 0 aliphatic carbocycles. The number of carbonyl (C=O) groups is 2. The summed E-state index contributed by atoms with van der Waals surface area (Å²) in [7, 11) is 0. The van der Waals surface area contributed by atoms with Gasteiger partial charge < -0.3 is 10.2 Å². The first-order chi connectivity index (χ1) is 9.28. The van der Waals surface area contributed by atoms with Gasteiger partial charge in [0.1, 0.15) is 5.57 Å². The first-order valence-corrected chi connectivity index (χ1v) is 7.48. The van der Waals surface area contributed by atoms with Gasteiger partial charge in [-0.2, -0.15) is 0 Å². The highest BCUT2D eigenvalue weighted by molar-refractivity contribution is 6.13. The lowest BCUT2D eigenvalue weighted by Crippen LogP contribution is -2.33. The van der Waals surface area contributed by atoms with Crippen LogP contribution in [0.2, 0.25) is 0 Å². The zero-order valence-electron chi connectivity index (χ0n) is 13.3. The Bertz CT molecular complexity index is 366. The predicted octanol–water partition coefficient (Wildman–Crippen LogP) is 4.10. The van der Waals surface area contributed by atoms with Gasteiger partial charge in [0.05, 0.1) is 0 Å². The highest BCUT2D eigenvalue weighted by Crippen LogP contribution is 2.46. The summed E-state index contributed by atoms with van der Waals surface area (Å²) in [6.07, 6.45) is 3.77. The summed E-state index contributed by atoms with van der Waals surface area (Å²) in [6.45, 7) is 10.1. The van der Waals surface area contributed by atoms with Crippen LogP contribution < -0.4 is 0 Å². The van der Waals surface area contributed by atoms with E-state index in [0.717, 1.165) is 25.7 Å². The third-order valence-electron chi connectivity index (χ3n) is 4.26. The number of hydrogen-bond acceptors (Lipinski definition) is 2. The van der Waals surface area contributed by atoms with Crippen molar-refractivity contribution in [2.45, 2.75) is 66.7 Å². The summed E-state index contributed by atoms with van der Waals surface area (Å²) in [4.78, 5) is 22.8. The van der Waals surface area contributed by atoms with Gasteiger partial charge in [-0.25, -0.2) is 9.59 Å². The Kier molecular flexibility index (Phi) is 7.54. The van der Waals surface area contributed by atoms with Crippen LogP contribution in [0.3, 0.4) is 0 Å². The monoisotopic (exact) mass is 284 g/mol. The molecule has 0 amide bonds. The maximum atomic E-state index is 11.4. The molecule has 0 radical (unpaired) electrons. The molecule has 0 aliphatic heterocycles. The number of carboxylic acids is 2. The van der Waals surface area contributed by atoms with Crippen LogP contribution in [0.4, 0.5) is 0 Å². The van der Waals surface area contributed by atoms with Crippen molar-refractivity contribution < 1.29 is 19.8 Å². The van der Waals surface area contributed by atoms with Gasteiger partial charge in [-0.05, 0) is 36.2 Å². The van der Waals surface area contributed by atoms with Crippen LogP contribution in [0.25, 0.3) is 0 Å². The maximum absolute atomic E-state index is 11.4. The second-order valence-corrected chi connectivity index (χ2v) is 5.63. The standard InChI is InChI=1S/C16H28O4/c1-6-9-12(13(14(17)18)15(19)20)16(8-3,10-7-2)11(4)5/h11H,6-10H2,1-5H3,(H,17,18)(H,19,20). The lowest BCUT2D eigenvalue weighted by atomic mass is 9.64. The van der Waals surface area contributed by atoms with Crippen LogP contribution in [0.1, 0.15) is 66.7 Å². The van der Waals surface area contributed by atoms with Crippen LogP contribution in [0.5, 0.6) is 0 Å².